The van der Waals surface area contributed by atoms with Crippen LogP contribution in [0.25, 0.3) is 6.08 Å². The summed E-state index contributed by atoms with van der Waals surface area (Å²) in [5.41, 5.74) is 3.15. The van der Waals surface area contributed by atoms with E-state index in [1.165, 1.54) is 17.3 Å². The lowest BCUT2D eigenvalue weighted by molar-refractivity contribution is -0.115. The zero-order chi connectivity index (χ0) is 20.8. The molecule has 1 aliphatic rings. The van der Waals surface area contributed by atoms with Gasteiger partial charge in [0.1, 0.15) is 23.3 Å². The number of thioether (sulfide) groups is 1. The fourth-order valence-corrected chi connectivity index (χ4v) is 3.88. The van der Waals surface area contributed by atoms with E-state index in [1.54, 1.807) is 6.08 Å². The van der Waals surface area contributed by atoms with Crippen LogP contribution in [0, 0.1) is 13.8 Å². The molecule has 1 heterocycles. The summed E-state index contributed by atoms with van der Waals surface area (Å²) in [5, 5.41) is 2.61. The van der Waals surface area contributed by atoms with Gasteiger partial charge in [-0.05, 0) is 56.2 Å². The Labute approximate surface area is 180 Å². The third-order valence-electron chi connectivity index (χ3n) is 4.14. The summed E-state index contributed by atoms with van der Waals surface area (Å²) in [7, 11) is 0. The Morgan fingerprint density at radius 3 is 2.38 bits per heavy atom. The van der Waals surface area contributed by atoms with E-state index in [9.17, 15) is 4.79 Å². The maximum absolute atomic E-state index is 11.8. The zero-order valence-electron chi connectivity index (χ0n) is 16.6. The molecule has 1 fully saturated rings. The molecule has 2 aromatic carbocycles. The number of amides is 1. The normalized spacial score (nSPS) is 14.8. The van der Waals surface area contributed by atoms with Crippen LogP contribution in [0.1, 0.15) is 23.6 Å². The molecule has 0 spiro atoms. The fraction of sp³-hybridized carbons (Fsp3) is 0.273. The number of rotatable bonds is 8. The molecule has 1 amide bonds. The highest BCUT2D eigenvalue weighted by molar-refractivity contribution is 8.26. The number of carbonyl (C=O) groups is 1. The van der Waals surface area contributed by atoms with E-state index in [1.807, 2.05) is 44.2 Å². The van der Waals surface area contributed by atoms with E-state index in [-0.39, 0.29) is 5.91 Å². The van der Waals surface area contributed by atoms with Gasteiger partial charge in [0.05, 0.1) is 11.5 Å². The van der Waals surface area contributed by atoms with Crippen LogP contribution in [-0.2, 0) is 4.79 Å². The van der Waals surface area contributed by atoms with Crippen LogP contribution in [-0.4, -0.2) is 30.0 Å². The lowest BCUT2D eigenvalue weighted by Gasteiger charge is -2.14. The largest absolute Gasteiger partial charge is 0.490 e. The molecule has 29 heavy (non-hydrogen) atoms. The summed E-state index contributed by atoms with van der Waals surface area (Å²) < 4.78 is 17.9. The average Bonchev–Trinajstić information content (AvgIpc) is 2.99. The second-order valence-electron chi connectivity index (χ2n) is 6.46. The van der Waals surface area contributed by atoms with Gasteiger partial charge in [0.15, 0.2) is 11.5 Å². The first-order valence-electron chi connectivity index (χ1n) is 9.31. The number of ether oxygens (including phenoxy) is 3. The van der Waals surface area contributed by atoms with Crippen molar-refractivity contribution < 1.29 is 19.0 Å². The van der Waals surface area contributed by atoms with Gasteiger partial charge in [-0.15, -0.1) is 0 Å². The molecule has 152 valence electrons. The van der Waals surface area contributed by atoms with Gasteiger partial charge in [0, 0.05) is 0 Å². The molecular weight excluding hydrogens is 406 g/mol. The molecule has 0 saturated carbocycles. The van der Waals surface area contributed by atoms with Gasteiger partial charge >= 0.3 is 0 Å². The van der Waals surface area contributed by atoms with Crippen molar-refractivity contribution in [3.05, 3.63) is 58.0 Å². The molecule has 0 radical (unpaired) electrons. The summed E-state index contributed by atoms with van der Waals surface area (Å²) in [6.45, 7) is 7.32. The molecule has 0 aliphatic carbocycles. The molecule has 1 aliphatic heterocycles. The highest BCUT2D eigenvalue weighted by Crippen LogP contribution is 2.32. The molecule has 0 bridgehead atoms. The molecule has 0 aromatic heterocycles. The monoisotopic (exact) mass is 429 g/mol. The topological polar surface area (TPSA) is 56.8 Å². The number of carbonyl (C=O) groups excluding carboxylic acids is 1. The van der Waals surface area contributed by atoms with E-state index >= 15 is 0 Å². The van der Waals surface area contributed by atoms with Crippen molar-refractivity contribution in [1.82, 2.24) is 5.32 Å². The van der Waals surface area contributed by atoms with Gasteiger partial charge in [-0.1, -0.05) is 47.7 Å². The number of benzene rings is 2. The lowest BCUT2D eigenvalue weighted by atomic mass is 10.1. The van der Waals surface area contributed by atoms with E-state index in [2.05, 4.69) is 18.3 Å². The van der Waals surface area contributed by atoms with Gasteiger partial charge in [0.25, 0.3) is 5.91 Å². The molecule has 7 heteroatoms. The molecule has 1 N–H and O–H groups in total. The first-order chi connectivity index (χ1) is 14.0. The third kappa shape index (κ3) is 5.74. The predicted octanol–water partition coefficient (Wildman–Crippen LogP) is 4.65. The highest BCUT2D eigenvalue weighted by atomic mass is 32.2. The van der Waals surface area contributed by atoms with Gasteiger partial charge in [-0.2, -0.15) is 0 Å². The summed E-state index contributed by atoms with van der Waals surface area (Å²) in [6, 6.07) is 11.7. The van der Waals surface area contributed by atoms with Crippen molar-refractivity contribution in [2.75, 3.05) is 19.8 Å². The second-order valence-corrected chi connectivity index (χ2v) is 8.18. The second kappa shape index (κ2) is 9.80. The lowest BCUT2D eigenvalue weighted by Crippen LogP contribution is -2.17. The van der Waals surface area contributed by atoms with Crippen LogP contribution >= 0.6 is 24.0 Å². The molecular formula is C22H23NO4S2. The molecule has 3 rings (SSSR count). The zero-order valence-corrected chi connectivity index (χ0v) is 18.2. The third-order valence-corrected chi connectivity index (χ3v) is 5.30. The first kappa shape index (κ1) is 21.2. The smallest absolute Gasteiger partial charge is 0.263 e. The molecule has 1 saturated heterocycles. The Morgan fingerprint density at radius 2 is 1.72 bits per heavy atom. The van der Waals surface area contributed by atoms with Gasteiger partial charge < -0.3 is 19.5 Å². The molecule has 5 nitrogen and oxygen atoms in total. The summed E-state index contributed by atoms with van der Waals surface area (Å²) in [4.78, 5) is 12.4. The maximum Gasteiger partial charge on any atom is 0.263 e. The minimum Gasteiger partial charge on any atom is -0.490 e. The van der Waals surface area contributed by atoms with Crippen LogP contribution in [0.4, 0.5) is 0 Å². The highest BCUT2D eigenvalue weighted by Gasteiger charge is 2.22. The first-order valence-corrected chi connectivity index (χ1v) is 10.5. The summed E-state index contributed by atoms with van der Waals surface area (Å²) >= 11 is 6.27. The Hall–Kier alpha value is -2.51. The van der Waals surface area contributed by atoms with Crippen LogP contribution in [0.3, 0.4) is 0 Å². The van der Waals surface area contributed by atoms with Crippen molar-refractivity contribution >= 4 is 40.3 Å². The SMILES string of the molecule is CCOc1cc(C=C2SC(=S)NC2=O)ccc1OCCOc1ccc(C)cc1C. The van der Waals surface area contributed by atoms with E-state index < -0.39 is 0 Å². The minimum absolute atomic E-state index is 0.179. The van der Waals surface area contributed by atoms with Gasteiger partial charge in [0.2, 0.25) is 0 Å². The summed E-state index contributed by atoms with van der Waals surface area (Å²) in [6.07, 6.45) is 1.79. The number of nitrogens with one attached hydrogen (secondary N) is 1. The van der Waals surface area contributed by atoms with E-state index in [4.69, 9.17) is 26.4 Å². The Balaban J connectivity index is 1.63. The number of thiocarbonyl (C=S) groups is 1. The van der Waals surface area contributed by atoms with Gasteiger partial charge in [-0.25, -0.2) is 0 Å². The van der Waals surface area contributed by atoms with Crippen LogP contribution in [0.15, 0.2) is 41.3 Å². The molecule has 0 unspecified atom stereocenters. The van der Waals surface area contributed by atoms with Crippen molar-refractivity contribution in [2.24, 2.45) is 0 Å². The van der Waals surface area contributed by atoms with E-state index in [0.29, 0.717) is 40.5 Å². The quantitative estimate of drug-likeness (QED) is 0.375. The minimum atomic E-state index is -0.179. The Morgan fingerprint density at radius 1 is 1.00 bits per heavy atom. The van der Waals surface area contributed by atoms with Crippen molar-refractivity contribution in [2.45, 2.75) is 20.8 Å². The number of hydrogen-bond acceptors (Lipinski definition) is 6. The number of aryl methyl sites for hydroxylation is 2. The fourth-order valence-electron chi connectivity index (χ4n) is 2.84. The van der Waals surface area contributed by atoms with Crippen LogP contribution < -0.4 is 19.5 Å². The van der Waals surface area contributed by atoms with Gasteiger partial charge in [-0.3, -0.25) is 4.79 Å². The Kier molecular flexibility index (Phi) is 7.17. The van der Waals surface area contributed by atoms with E-state index in [0.717, 1.165) is 16.9 Å². The maximum atomic E-state index is 11.8. The predicted molar refractivity (Wildman–Crippen MR) is 121 cm³/mol. The number of hydrogen-bond donors (Lipinski definition) is 1. The standard InChI is InChI=1S/C22H23NO4S2/c1-4-25-19-12-16(13-20-21(24)23-22(28)29-20)6-8-18(19)27-10-9-26-17-7-5-14(2)11-15(17)3/h5-8,11-13H,4,9-10H2,1-3H3,(H,23,24,28). The van der Waals surface area contributed by atoms with Crippen molar-refractivity contribution in [3.8, 4) is 17.2 Å². The molecule has 2 aromatic rings. The van der Waals surface area contributed by atoms with Crippen LogP contribution in [0.2, 0.25) is 0 Å². The van der Waals surface area contributed by atoms with Crippen LogP contribution in [0.5, 0.6) is 17.2 Å². The summed E-state index contributed by atoms with van der Waals surface area (Å²) in [5.74, 6) is 1.94. The van der Waals surface area contributed by atoms with Crippen molar-refractivity contribution in [1.29, 1.82) is 0 Å². The van der Waals surface area contributed by atoms with Crippen molar-refractivity contribution in [3.63, 3.8) is 0 Å². The average molecular weight is 430 g/mol. The Bertz CT molecular complexity index is 956. The molecule has 0 atom stereocenters.